The fourth-order valence-corrected chi connectivity index (χ4v) is 6.16. The summed E-state index contributed by atoms with van der Waals surface area (Å²) in [5.41, 5.74) is 5.76. The summed E-state index contributed by atoms with van der Waals surface area (Å²) in [5.74, 6) is -0.489. The maximum absolute atomic E-state index is 13.2. The smallest absolute Gasteiger partial charge is 0.253 e. The number of methoxy groups -OCH3 is 1. The Morgan fingerprint density at radius 1 is 0.925 bits per heavy atom. The van der Waals surface area contributed by atoms with E-state index >= 15 is 0 Å². The van der Waals surface area contributed by atoms with Crippen LogP contribution < -0.4 is 24.8 Å². The Morgan fingerprint density at radius 2 is 1.70 bits per heavy atom. The van der Waals surface area contributed by atoms with Gasteiger partial charge in [0, 0.05) is 79.8 Å². The van der Waals surface area contributed by atoms with E-state index in [0.29, 0.717) is 39.8 Å². The number of likely N-dealkylation sites (N-methyl/N-ethyl adjacent to an activating group) is 1. The molecule has 0 atom stereocenters. The largest absolute Gasteiger partial charge is 0.487 e. The number of rotatable bonds is 14. The van der Waals surface area contributed by atoms with E-state index in [-0.39, 0.29) is 30.7 Å². The second kappa shape index (κ2) is 17.8. The van der Waals surface area contributed by atoms with E-state index in [1.165, 1.54) is 18.1 Å². The van der Waals surface area contributed by atoms with Gasteiger partial charge in [-0.2, -0.15) is 0 Å². The highest BCUT2D eigenvalue weighted by Gasteiger charge is 2.20. The average Bonchev–Trinajstić information content (AvgIpc) is 3.15. The van der Waals surface area contributed by atoms with Gasteiger partial charge in [-0.05, 0) is 66.6 Å². The Bertz CT molecular complexity index is 2130. The molecule has 1 N–H and O–H groups in total. The fraction of sp³-hybridized carbons (Fsp3) is 0.225. The molecular weight excluding hydrogens is 715 g/mol. The van der Waals surface area contributed by atoms with Gasteiger partial charge in [-0.15, -0.1) is 0 Å². The predicted molar refractivity (Wildman–Crippen MR) is 211 cm³/mol. The fourth-order valence-electron chi connectivity index (χ4n) is 5.55. The summed E-state index contributed by atoms with van der Waals surface area (Å²) in [6, 6.07) is 21.9. The highest BCUT2D eigenvalue weighted by atomic mass is 35.5. The molecule has 0 saturated carbocycles. The summed E-state index contributed by atoms with van der Waals surface area (Å²) in [6.45, 7) is 1.95. The van der Waals surface area contributed by atoms with Crippen LogP contribution in [0.2, 0.25) is 10.0 Å². The molecule has 274 valence electrons. The van der Waals surface area contributed by atoms with Crippen molar-refractivity contribution in [3.63, 3.8) is 0 Å². The number of carbonyl (C=O) groups excluding carboxylic acids is 3. The first-order chi connectivity index (χ1) is 25.5. The molecule has 5 rings (SSSR count). The number of pyridine rings is 2. The minimum atomic E-state index is -0.461. The van der Waals surface area contributed by atoms with E-state index < -0.39 is 11.8 Å². The van der Waals surface area contributed by atoms with Gasteiger partial charge < -0.3 is 29.5 Å². The van der Waals surface area contributed by atoms with Crippen LogP contribution in [-0.4, -0.2) is 69.1 Å². The van der Waals surface area contributed by atoms with Crippen molar-refractivity contribution in [2.24, 2.45) is 0 Å². The Kier molecular flexibility index (Phi) is 13.0. The maximum atomic E-state index is 13.2. The van der Waals surface area contributed by atoms with Crippen molar-refractivity contribution in [1.82, 2.24) is 15.3 Å². The molecule has 13 heteroatoms. The summed E-state index contributed by atoms with van der Waals surface area (Å²) in [4.78, 5) is 52.4. The Morgan fingerprint density at radius 3 is 2.40 bits per heavy atom. The molecule has 0 aliphatic heterocycles. The molecule has 3 amide bonds. The number of ether oxygens (including phenoxy) is 2. The maximum Gasteiger partial charge on any atom is 0.253 e. The number of carbonyl (C=O) groups is 3. The lowest BCUT2D eigenvalue weighted by Gasteiger charge is -2.22. The van der Waals surface area contributed by atoms with Gasteiger partial charge in [0.2, 0.25) is 11.8 Å². The minimum absolute atomic E-state index is 0.0358. The van der Waals surface area contributed by atoms with Gasteiger partial charge in [0.25, 0.3) is 5.91 Å². The summed E-state index contributed by atoms with van der Waals surface area (Å²) in [6.07, 6.45) is 6.33. The van der Waals surface area contributed by atoms with Crippen LogP contribution in [0.5, 0.6) is 5.75 Å². The van der Waals surface area contributed by atoms with Crippen molar-refractivity contribution in [3.8, 4) is 5.75 Å². The molecule has 0 aliphatic rings. The van der Waals surface area contributed by atoms with E-state index in [0.717, 1.165) is 27.9 Å². The first kappa shape index (κ1) is 38.7. The zero-order valence-corrected chi connectivity index (χ0v) is 31.6. The molecule has 0 fully saturated rings. The van der Waals surface area contributed by atoms with Crippen molar-refractivity contribution in [3.05, 3.63) is 124 Å². The van der Waals surface area contributed by atoms with Crippen molar-refractivity contribution >= 4 is 75.0 Å². The highest BCUT2D eigenvalue weighted by molar-refractivity contribution is 6.38. The third-order valence-corrected chi connectivity index (χ3v) is 9.12. The lowest BCUT2D eigenvalue weighted by Crippen LogP contribution is -2.37. The number of nitrogens with one attached hydrogen (secondary N) is 1. The Hall–Kier alpha value is -5.49. The molecule has 0 spiro atoms. The quantitative estimate of drug-likeness (QED) is 0.122. The summed E-state index contributed by atoms with van der Waals surface area (Å²) < 4.78 is 11.3. The SMILES string of the molecule is COCC(=O)N(Cc1cccnc1)c1ccc(/C=C/C(=O)NCC(=O)N(C)c2ccc(Cl)c(COc3cccc4c(N(C)C)cc(C)nc34)c2Cl)cc1. The van der Waals surface area contributed by atoms with Gasteiger partial charge in [-0.1, -0.05) is 53.5 Å². The number of amides is 3. The van der Waals surface area contributed by atoms with Crippen LogP contribution in [0.1, 0.15) is 22.4 Å². The number of benzene rings is 3. The van der Waals surface area contributed by atoms with Gasteiger partial charge >= 0.3 is 0 Å². The lowest BCUT2D eigenvalue weighted by atomic mass is 10.1. The number of aromatic nitrogens is 2. The molecular formula is C40H40Cl2N6O5. The zero-order valence-electron chi connectivity index (χ0n) is 30.1. The van der Waals surface area contributed by atoms with Crippen LogP contribution >= 0.6 is 23.2 Å². The summed E-state index contributed by atoms with van der Waals surface area (Å²) in [7, 11) is 6.99. The van der Waals surface area contributed by atoms with Crippen LogP contribution in [0.15, 0.2) is 91.3 Å². The number of aryl methyl sites for hydroxylation is 1. The lowest BCUT2D eigenvalue weighted by molar-refractivity contribution is -0.122. The average molecular weight is 756 g/mol. The van der Waals surface area contributed by atoms with Crippen molar-refractivity contribution in [2.45, 2.75) is 20.1 Å². The molecule has 3 aromatic carbocycles. The molecule has 53 heavy (non-hydrogen) atoms. The molecule has 5 aromatic rings. The Balaban J connectivity index is 1.20. The molecule has 2 heterocycles. The van der Waals surface area contributed by atoms with E-state index in [9.17, 15) is 14.4 Å². The normalized spacial score (nSPS) is 11.1. The molecule has 0 saturated heterocycles. The van der Waals surface area contributed by atoms with Crippen LogP contribution in [0.4, 0.5) is 17.1 Å². The Labute approximate surface area is 318 Å². The molecule has 2 aromatic heterocycles. The minimum Gasteiger partial charge on any atom is -0.487 e. The third kappa shape index (κ3) is 9.69. The van der Waals surface area contributed by atoms with Gasteiger partial charge in [0.05, 0.1) is 23.8 Å². The second-order valence-electron chi connectivity index (χ2n) is 12.3. The molecule has 0 aliphatic carbocycles. The topological polar surface area (TPSA) is 117 Å². The first-order valence-electron chi connectivity index (χ1n) is 16.6. The third-order valence-electron chi connectivity index (χ3n) is 8.34. The van der Waals surface area contributed by atoms with Crippen LogP contribution in [0.25, 0.3) is 17.0 Å². The van der Waals surface area contributed by atoms with Gasteiger partial charge in [0.1, 0.15) is 24.5 Å². The number of para-hydroxylation sites is 1. The molecule has 0 bridgehead atoms. The monoisotopic (exact) mass is 754 g/mol. The van der Waals surface area contributed by atoms with Gasteiger partial charge in [-0.3, -0.25) is 19.4 Å². The van der Waals surface area contributed by atoms with Crippen LogP contribution in [0.3, 0.4) is 0 Å². The number of halogens is 2. The molecule has 0 radical (unpaired) electrons. The first-order valence-corrected chi connectivity index (χ1v) is 17.4. The van der Waals surface area contributed by atoms with E-state index in [1.54, 1.807) is 66.8 Å². The molecule has 11 nitrogen and oxygen atoms in total. The van der Waals surface area contributed by atoms with Gasteiger partial charge in [0.15, 0.2) is 0 Å². The van der Waals surface area contributed by atoms with E-state index in [1.807, 2.05) is 62.3 Å². The number of nitrogens with zero attached hydrogens (tertiary/aromatic N) is 5. The zero-order chi connectivity index (χ0) is 38.1. The highest BCUT2D eigenvalue weighted by Crippen LogP contribution is 2.36. The number of fused-ring (bicyclic) bond motifs is 1. The van der Waals surface area contributed by atoms with E-state index in [4.69, 9.17) is 37.7 Å². The molecule has 0 unspecified atom stereocenters. The number of anilines is 3. The van der Waals surface area contributed by atoms with Crippen molar-refractivity contribution in [1.29, 1.82) is 0 Å². The summed E-state index contributed by atoms with van der Waals surface area (Å²) >= 11 is 13.4. The summed E-state index contributed by atoms with van der Waals surface area (Å²) in [5, 5.41) is 4.20. The van der Waals surface area contributed by atoms with Crippen molar-refractivity contribution in [2.75, 3.05) is 56.1 Å². The number of hydrogen-bond donors (Lipinski definition) is 1. The van der Waals surface area contributed by atoms with Crippen molar-refractivity contribution < 1.29 is 23.9 Å². The second-order valence-corrected chi connectivity index (χ2v) is 13.1. The standard InChI is InChI=1S/C40H40Cl2N6O5/c1-26-20-34(46(2)3)30-9-6-10-35(40(30)45-26)53-24-31-32(41)16-17-33(39(31)42)47(4)37(50)22-44-36(49)18-13-27-11-14-29(15-12-27)48(38(51)25-52-5)23-28-8-7-19-43-21-28/h6-21H,22-25H2,1-5H3,(H,44,49)/b18-13+. The number of hydrogen-bond acceptors (Lipinski definition) is 8. The van der Waals surface area contributed by atoms with Gasteiger partial charge in [-0.25, -0.2) is 4.98 Å². The van der Waals surface area contributed by atoms with Crippen LogP contribution in [0, 0.1) is 6.92 Å². The van der Waals surface area contributed by atoms with Crippen LogP contribution in [-0.2, 0) is 32.3 Å². The van der Waals surface area contributed by atoms with E-state index in [2.05, 4.69) is 10.3 Å². The predicted octanol–water partition coefficient (Wildman–Crippen LogP) is 6.86.